The lowest BCUT2D eigenvalue weighted by atomic mass is 9.75. The summed E-state index contributed by atoms with van der Waals surface area (Å²) in [5, 5.41) is 28.2. The van der Waals surface area contributed by atoms with E-state index in [9.17, 15) is 10.2 Å². The van der Waals surface area contributed by atoms with Crippen LogP contribution in [0.1, 0.15) is 110 Å². The fourth-order valence-corrected chi connectivity index (χ4v) is 3.60. The summed E-state index contributed by atoms with van der Waals surface area (Å²) in [6.45, 7) is 4.73. The van der Waals surface area contributed by atoms with E-state index < -0.39 is 0 Å². The van der Waals surface area contributed by atoms with Gasteiger partial charge in [0.15, 0.2) is 0 Å². The zero-order valence-electron chi connectivity index (χ0n) is 16.4. The molecule has 0 aromatic rings. The number of unbranched alkanes of at least 4 members (excludes halogenated alkanes) is 8. The number of rotatable bonds is 18. The molecule has 0 heterocycles. The lowest BCUT2D eigenvalue weighted by molar-refractivity contribution is 0.0861. The molecule has 0 saturated carbocycles. The van der Waals surface area contributed by atoms with Gasteiger partial charge in [0.05, 0.1) is 6.10 Å². The van der Waals surface area contributed by atoms with E-state index in [2.05, 4.69) is 6.92 Å². The van der Waals surface area contributed by atoms with Gasteiger partial charge < -0.3 is 15.3 Å². The Balaban J connectivity index is 4.08. The predicted molar refractivity (Wildman–Crippen MR) is 103 cm³/mol. The van der Waals surface area contributed by atoms with E-state index in [4.69, 9.17) is 5.11 Å². The molecule has 0 spiro atoms. The van der Waals surface area contributed by atoms with E-state index in [1.807, 2.05) is 6.92 Å². The number of hydrogen-bond donors (Lipinski definition) is 3. The lowest BCUT2D eigenvalue weighted by Gasteiger charge is -2.32. The summed E-state index contributed by atoms with van der Waals surface area (Å²) in [4.78, 5) is 0. The monoisotopic (exact) mass is 344 g/mol. The molecule has 0 aromatic carbocycles. The quantitative estimate of drug-likeness (QED) is 0.299. The van der Waals surface area contributed by atoms with Crippen LogP contribution < -0.4 is 0 Å². The van der Waals surface area contributed by atoms with Crippen molar-refractivity contribution in [2.45, 2.75) is 116 Å². The summed E-state index contributed by atoms with van der Waals surface area (Å²) in [7, 11) is 0. The molecule has 0 aliphatic heterocycles. The third-order valence-electron chi connectivity index (χ3n) is 5.34. The average Bonchev–Trinajstić information content (AvgIpc) is 2.58. The van der Waals surface area contributed by atoms with Crippen molar-refractivity contribution < 1.29 is 15.3 Å². The third kappa shape index (κ3) is 13.2. The van der Waals surface area contributed by atoms with Crippen LogP contribution in [-0.4, -0.2) is 34.6 Å². The SMILES string of the molecule is CCCCC(CO)(CCCCCCCO)CCCCCCC(C)O. The Morgan fingerprint density at radius 2 is 1.21 bits per heavy atom. The van der Waals surface area contributed by atoms with Crippen LogP contribution in [-0.2, 0) is 0 Å². The van der Waals surface area contributed by atoms with Gasteiger partial charge in [-0.2, -0.15) is 0 Å². The van der Waals surface area contributed by atoms with Crippen molar-refractivity contribution in [3.63, 3.8) is 0 Å². The molecule has 0 bridgehead atoms. The van der Waals surface area contributed by atoms with E-state index in [1.54, 1.807) is 0 Å². The number of aliphatic hydroxyl groups is 3. The van der Waals surface area contributed by atoms with Crippen molar-refractivity contribution in [1.82, 2.24) is 0 Å². The second-order valence-corrected chi connectivity index (χ2v) is 7.80. The van der Waals surface area contributed by atoms with Gasteiger partial charge in [-0.1, -0.05) is 71.1 Å². The van der Waals surface area contributed by atoms with Gasteiger partial charge in [0.25, 0.3) is 0 Å². The highest BCUT2D eigenvalue weighted by molar-refractivity contribution is 4.79. The van der Waals surface area contributed by atoms with E-state index in [-0.39, 0.29) is 11.5 Å². The van der Waals surface area contributed by atoms with Crippen LogP contribution in [0, 0.1) is 5.41 Å². The topological polar surface area (TPSA) is 60.7 Å². The molecule has 0 aliphatic rings. The minimum absolute atomic E-state index is 0.136. The first-order valence-electron chi connectivity index (χ1n) is 10.5. The Morgan fingerprint density at radius 3 is 1.71 bits per heavy atom. The van der Waals surface area contributed by atoms with Crippen LogP contribution in [0.15, 0.2) is 0 Å². The molecule has 0 saturated heterocycles. The fraction of sp³-hybridized carbons (Fsp3) is 1.00. The summed E-state index contributed by atoms with van der Waals surface area (Å²) in [5.41, 5.74) is 0.136. The minimum atomic E-state index is -0.170. The molecule has 0 amide bonds. The summed E-state index contributed by atoms with van der Waals surface area (Å²) in [6.07, 6.45) is 17.0. The first kappa shape index (κ1) is 23.9. The zero-order chi connectivity index (χ0) is 18.1. The van der Waals surface area contributed by atoms with Gasteiger partial charge in [0.1, 0.15) is 0 Å². The van der Waals surface area contributed by atoms with Crippen molar-refractivity contribution in [1.29, 1.82) is 0 Å². The van der Waals surface area contributed by atoms with Crippen LogP contribution >= 0.6 is 0 Å². The van der Waals surface area contributed by atoms with E-state index in [1.165, 1.54) is 51.4 Å². The molecule has 3 N–H and O–H groups in total. The summed E-state index contributed by atoms with van der Waals surface area (Å²) < 4.78 is 0. The maximum atomic E-state index is 10.1. The lowest BCUT2D eigenvalue weighted by Crippen LogP contribution is -2.25. The predicted octanol–water partition coefficient (Wildman–Crippen LogP) is 5.21. The Bertz CT molecular complexity index is 255. The van der Waals surface area contributed by atoms with Gasteiger partial charge in [-0.15, -0.1) is 0 Å². The first-order chi connectivity index (χ1) is 11.6. The van der Waals surface area contributed by atoms with Crippen molar-refractivity contribution >= 4 is 0 Å². The molecule has 2 atom stereocenters. The molecular formula is C21H44O3. The van der Waals surface area contributed by atoms with Crippen molar-refractivity contribution in [3.8, 4) is 0 Å². The second-order valence-electron chi connectivity index (χ2n) is 7.80. The Morgan fingerprint density at radius 1 is 0.708 bits per heavy atom. The molecule has 146 valence electrons. The second kappa shape index (κ2) is 16.4. The highest BCUT2D eigenvalue weighted by atomic mass is 16.3. The molecule has 0 rings (SSSR count). The van der Waals surface area contributed by atoms with Crippen LogP contribution in [0.25, 0.3) is 0 Å². The highest BCUT2D eigenvalue weighted by Crippen LogP contribution is 2.36. The minimum Gasteiger partial charge on any atom is -0.396 e. The van der Waals surface area contributed by atoms with Gasteiger partial charge >= 0.3 is 0 Å². The zero-order valence-corrected chi connectivity index (χ0v) is 16.4. The molecule has 3 heteroatoms. The number of aliphatic hydroxyl groups excluding tert-OH is 3. The fourth-order valence-electron chi connectivity index (χ4n) is 3.60. The van der Waals surface area contributed by atoms with Gasteiger partial charge in [0, 0.05) is 13.2 Å². The smallest absolute Gasteiger partial charge is 0.0512 e. The van der Waals surface area contributed by atoms with Crippen LogP contribution in [0.5, 0.6) is 0 Å². The van der Waals surface area contributed by atoms with E-state index in [0.29, 0.717) is 13.2 Å². The highest BCUT2D eigenvalue weighted by Gasteiger charge is 2.27. The van der Waals surface area contributed by atoms with Gasteiger partial charge in [-0.05, 0) is 44.4 Å². The summed E-state index contributed by atoms with van der Waals surface area (Å²) in [6, 6.07) is 0. The van der Waals surface area contributed by atoms with Crippen molar-refractivity contribution in [2.75, 3.05) is 13.2 Å². The van der Waals surface area contributed by atoms with E-state index in [0.717, 1.165) is 44.9 Å². The van der Waals surface area contributed by atoms with Crippen LogP contribution in [0.3, 0.4) is 0 Å². The molecule has 24 heavy (non-hydrogen) atoms. The van der Waals surface area contributed by atoms with Gasteiger partial charge in [-0.3, -0.25) is 0 Å². The molecule has 0 aliphatic carbocycles. The molecule has 0 fully saturated rings. The summed E-state index contributed by atoms with van der Waals surface area (Å²) >= 11 is 0. The number of hydrogen-bond acceptors (Lipinski definition) is 3. The normalized spacial score (nSPS) is 15.4. The first-order valence-corrected chi connectivity index (χ1v) is 10.5. The molecule has 0 aromatic heterocycles. The largest absolute Gasteiger partial charge is 0.396 e. The standard InChI is InChI=1S/C21H44O3/c1-3-4-15-21(19-23,16-11-7-5-9-13-18-22)17-12-8-6-10-14-20(2)24/h20,22-24H,3-19H2,1-2H3. The Labute approximate surface area is 150 Å². The molecular weight excluding hydrogens is 300 g/mol. The van der Waals surface area contributed by atoms with Crippen LogP contribution in [0.2, 0.25) is 0 Å². The van der Waals surface area contributed by atoms with E-state index >= 15 is 0 Å². The molecule has 2 unspecified atom stereocenters. The summed E-state index contributed by atoms with van der Waals surface area (Å²) in [5.74, 6) is 0. The maximum absolute atomic E-state index is 10.1. The third-order valence-corrected chi connectivity index (χ3v) is 5.34. The average molecular weight is 345 g/mol. The Hall–Kier alpha value is -0.120. The van der Waals surface area contributed by atoms with Crippen molar-refractivity contribution in [2.24, 2.45) is 5.41 Å². The molecule has 3 nitrogen and oxygen atoms in total. The maximum Gasteiger partial charge on any atom is 0.0512 e. The van der Waals surface area contributed by atoms with Gasteiger partial charge in [0.2, 0.25) is 0 Å². The van der Waals surface area contributed by atoms with Gasteiger partial charge in [-0.25, -0.2) is 0 Å². The van der Waals surface area contributed by atoms with Crippen LogP contribution in [0.4, 0.5) is 0 Å². The van der Waals surface area contributed by atoms with Crippen molar-refractivity contribution in [3.05, 3.63) is 0 Å². The Kier molecular flexibility index (Phi) is 16.3. The molecule has 0 radical (unpaired) electrons.